The maximum absolute atomic E-state index is 12.6. The van der Waals surface area contributed by atoms with Crippen LogP contribution in [0.1, 0.15) is 25.0 Å². The number of amides is 1. The van der Waals surface area contributed by atoms with Crippen molar-refractivity contribution in [3.8, 4) is 11.3 Å². The van der Waals surface area contributed by atoms with Gasteiger partial charge in [-0.15, -0.1) is 0 Å². The first kappa shape index (κ1) is 22.8. The van der Waals surface area contributed by atoms with E-state index >= 15 is 0 Å². The summed E-state index contributed by atoms with van der Waals surface area (Å²) in [6, 6.07) is 8.70. The maximum Gasteiger partial charge on any atom is 0.332 e. The molecule has 1 amide bonds. The first-order chi connectivity index (χ1) is 14.3. The molecule has 2 aromatic rings. The molecule has 1 unspecified atom stereocenters. The van der Waals surface area contributed by atoms with Gasteiger partial charge in [-0.25, -0.2) is 4.79 Å². The largest absolute Gasteiger partial charge is 0.479 e. The molecular weight excluding hydrogens is 469 g/mol. The summed E-state index contributed by atoms with van der Waals surface area (Å²) in [6.07, 6.45) is 1.37. The summed E-state index contributed by atoms with van der Waals surface area (Å²) in [5, 5.41) is 18.9. The molecule has 158 valence electrons. The van der Waals surface area contributed by atoms with E-state index < -0.39 is 12.1 Å². The van der Waals surface area contributed by atoms with Crippen molar-refractivity contribution in [1.29, 1.82) is 0 Å². The van der Waals surface area contributed by atoms with Gasteiger partial charge >= 0.3 is 5.97 Å². The molecule has 0 radical (unpaired) electrons. The quantitative estimate of drug-likeness (QED) is 0.306. The van der Waals surface area contributed by atoms with Crippen LogP contribution in [-0.2, 0) is 9.59 Å². The van der Waals surface area contributed by atoms with E-state index in [0.717, 1.165) is 5.56 Å². The van der Waals surface area contributed by atoms with Gasteiger partial charge in [0.25, 0.3) is 5.91 Å². The van der Waals surface area contributed by atoms with Gasteiger partial charge in [-0.05, 0) is 49.6 Å². The highest BCUT2D eigenvalue weighted by Crippen LogP contribution is 2.34. The van der Waals surface area contributed by atoms with Gasteiger partial charge < -0.3 is 14.6 Å². The van der Waals surface area contributed by atoms with E-state index in [1.807, 2.05) is 0 Å². The Morgan fingerprint density at radius 1 is 1.23 bits per heavy atom. The maximum atomic E-state index is 12.6. The van der Waals surface area contributed by atoms with Gasteiger partial charge in [-0.2, -0.15) is 0 Å². The zero-order valence-corrected chi connectivity index (χ0v) is 18.7. The third-order valence-electron chi connectivity index (χ3n) is 4.37. The lowest BCUT2D eigenvalue weighted by Crippen LogP contribution is -2.29. The van der Waals surface area contributed by atoms with Crippen molar-refractivity contribution in [2.24, 2.45) is 0 Å². The second kappa shape index (κ2) is 9.98. The minimum absolute atomic E-state index is 0.129. The van der Waals surface area contributed by atoms with Crippen molar-refractivity contribution < 1.29 is 24.2 Å². The van der Waals surface area contributed by atoms with E-state index in [9.17, 15) is 14.7 Å². The first-order valence-electron chi connectivity index (χ1n) is 8.98. The average molecular weight is 486 g/mol. The van der Waals surface area contributed by atoms with E-state index in [0.29, 0.717) is 50.2 Å². The summed E-state index contributed by atoms with van der Waals surface area (Å²) in [6.45, 7) is 0.362. The summed E-state index contributed by atoms with van der Waals surface area (Å²) in [5.74, 6) is -0.382. The third kappa shape index (κ3) is 5.44. The van der Waals surface area contributed by atoms with Crippen LogP contribution < -0.4 is 0 Å². The molecule has 0 saturated carbocycles. The number of furan rings is 1. The van der Waals surface area contributed by atoms with Gasteiger partial charge in [0.15, 0.2) is 6.10 Å². The lowest BCUT2D eigenvalue weighted by atomic mass is 10.1. The number of benzene rings is 1. The molecule has 0 spiro atoms. The van der Waals surface area contributed by atoms with E-state index in [-0.39, 0.29) is 12.3 Å². The molecule has 1 aliphatic heterocycles. The third-order valence-corrected chi connectivity index (χ3v) is 6.49. The van der Waals surface area contributed by atoms with Gasteiger partial charge in [-0.1, -0.05) is 47.2 Å². The van der Waals surface area contributed by atoms with Gasteiger partial charge in [0, 0.05) is 18.2 Å². The molecule has 2 N–H and O–H groups in total. The number of carbonyl (C=O) groups is 2. The molecule has 0 bridgehead atoms. The van der Waals surface area contributed by atoms with Crippen molar-refractivity contribution in [1.82, 2.24) is 4.90 Å². The Labute approximate surface area is 192 Å². The summed E-state index contributed by atoms with van der Waals surface area (Å²) in [7, 11) is 0. The van der Waals surface area contributed by atoms with Gasteiger partial charge in [0.05, 0.1) is 15.0 Å². The fraction of sp³-hybridized carbons (Fsp3) is 0.250. The van der Waals surface area contributed by atoms with Crippen LogP contribution >= 0.6 is 47.2 Å². The minimum atomic E-state index is -1.39. The monoisotopic (exact) mass is 485 g/mol. The molecule has 1 saturated heterocycles. The summed E-state index contributed by atoms with van der Waals surface area (Å²) in [5.41, 5.74) is 0.764. The Morgan fingerprint density at radius 3 is 2.70 bits per heavy atom. The first-order valence-corrected chi connectivity index (χ1v) is 11.0. The normalized spacial score (nSPS) is 16.5. The molecular formula is C20H17Cl2NO5S2. The number of hydrogen-bond donors (Lipinski definition) is 2. The SMILES string of the molecule is O=C(O)C(O)CCCCN1C(=O)C(=Cc2ccc(-c3ccc(Cl)c(Cl)c3)o2)SC1=S. The van der Waals surface area contributed by atoms with E-state index in [4.69, 9.17) is 44.9 Å². The number of thiocarbonyl (C=S) groups is 1. The van der Waals surface area contributed by atoms with Gasteiger partial charge in [-0.3, -0.25) is 9.69 Å². The number of aliphatic hydroxyl groups excluding tert-OH is 1. The van der Waals surface area contributed by atoms with Crippen LogP contribution in [0, 0.1) is 0 Å². The highest BCUT2D eigenvalue weighted by Gasteiger charge is 2.31. The number of carboxylic acids is 1. The Morgan fingerprint density at radius 2 is 2.00 bits per heavy atom. The van der Waals surface area contributed by atoms with Crippen LogP contribution in [0.5, 0.6) is 0 Å². The molecule has 1 aromatic carbocycles. The molecule has 3 rings (SSSR count). The molecule has 1 aromatic heterocycles. The van der Waals surface area contributed by atoms with Crippen molar-refractivity contribution in [2.45, 2.75) is 25.4 Å². The molecule has 10 heteroatoms. The van der Waals surface area contributed by atoms with E-state index in [1.54, 1.807) is 36.4 Å². The Hall–Kier alpha value is -1.84. The highest BCUT2D eigenvalue weighted by atomic mass is 35.5. The molecule has 6 nitrogen and oxygen atoms in total. The van der Waals surface area contributed by atoms with Crippen LogP contribution in [0.3, 0.4) is 0 Å². The minimum Gasteiger partial charge on any atom is -0.479 e. The summed E-state index contributed by atoms with van der Waals surface area (Å²) >= 11 is 18.5. The van der Waals surface area contributed by atoms with Crippen LogP contribution in [0.4, 0.5) is 0 Å². The highest BCUT2D eigenvalue weighted by molar-refractivity contribution is 8.26. The topological polar surface area (TPSA) is 91.0 Å². The van der Waals surface area contributed by atoms with Crippen LogP contribution in [0.15, 0.2) is 39.7 Å². The molecule has 2 heterocycles. The van der Waals surface area contributed by atoms with E-state index in [2.05, 4.69) is 0 Å². The zero-order chi connectivity index (χ0) is 21.8. The summed E-state index contributed by atoms with van der Waals surface area (Å²) in [4.78, 5) is 25.2. The molecule has 1 fully saturated rings. The number of carboxylic acid groups (broad SMARTS) is 1. The Balaban J connectivity index is 1.63. The van der Waals surface area contributed by atoms with Crippen molar-refractivity contribution in [3.05, 3.63) is 51.0 Å². The number of aliphatic hydroxyl groups is 1. The Kier molecular flexibility index (Phi) is 7.60. The van der Waals surface area contributed by atoms with Crippen LogP contribution in [-0.4, -0.2) is 44.0 Å². The lowest BCUT2D eigenvalue weighted by molar-refractivity contribution is -0.147. The van der Waals surface area contributed by atoms with Crippen LogP contribution in [0.2, 0.25) is 10.0 Å². The van der Waals surface area contributed by atoms with Crippen molar-refractivity contribution in [3.63, 3.8) is 0 Å². The van der Waals surface area contributed by atoms with Crippen LogP contribution in [0.25, 0.3) is 17.4 Å². The second-order valence-corrected chi connectivity index (χ2v) is 9.00. The predicted molar refractivity (Wildman–Crippen MR) is 122 cm³/mol. The summed E-state index contributed by atoms with van der Waals surface area (Å²) < 4.78 is 6.24. The standard InChI is InChI=1S/C20H17Cl2NO5S2/c21-13-6-4-11(9-14(13)22)16-7-5-12(28-16)10-17-18(25)23(20(29)30-17)8-2-1-3-15(24)19(26)27/h4-7,9-10,15,24H,1-3,8H2,(H,26,27). The van der Waals surface area contributed by atoms with Crippen molar-refractivity contribution >= 4 is 69.5 Å². The van der Waals surface area contributed by atoms with Gasteiger partial charge in [0.1, 0.15) is 15.8 Å². The molecule has 1 aliphatic rings. The number of aliphatic carboxylic acids is 1. The van der Waals surface area contributed by atoms with E-state index in [1.165, 1.54) is 16.7 Å². The number of halogens is 2. The smallest absolute Gasteiger partial charge is 0.332 e. The number of unbranched alkanes of at least 4 members (excludes halogenated alkanes) is 1. The van der Waals surface area contributed by atoms with Gasteiger partial charge in [0.2, 0.25) is 0 Å². The second-order valence-electron chi connectivity index (χ2n) is 6.51. The number of rotatable bonds is 8. The molecule has 30 heavy (non-hydrogen) atoms. The zero-order valence-electron chi connectivity index (χ0n) is 15.5. The number of thioether (sulfide) groups is 1. The number of hydrogen-bond acceptors (Lipinski definition) is 6. The Bertz CT molecular complexity index is 1020. The number of nitrogens with zero attached hydrogens (tertiary/aromatic N) is 1. The average Bonchev–Trinajstić information content (AvgIpc) is 3.26. The predicted octanol–water partition coefficient (Wildman–Crippen LogP) is 5.07. The van der Waals surface area contributed by atoms with Crippen molar-refractivity contribution in [2.75, 3.05) is 6.54 Å². The lowest BCUT2D eigenvalue weighted by Gasteiger charge is -2.14. The fourth-order valence-corrected chi connectivity index (χ4v) is 4.37. The fourth-order valence-electron chi connectivity index (χ4n) is 2.79. The number of carbonyl (C=O) groups excluding carboxylic acids is 1. The molecule has 0 aliphatic carbocycles. The molecule has 1 atom stereocenters.